The fraction of sp³-hybridized carbons (Fsp3) is 0.381. The lowest BCUT2D eigenvalue weighted by Gasteiger charge is -2.40. The zero-order chi connectivity index (χ0) is 20.7. The predicted molar refractivity (Wildman–Crippen MR) is 108 cm³/mol. The van der Waals surface area contributed by atoms with E-state index in [1.165, 1.54) is 0 Å². The van der Waals surface area contributed by atoms with Crippen molar-refractivity contribution in [3.63, 3.8) is 0 Å². The molecule has 30 heavy (non-hydrogen) atoms. The van der Waals surface area contributed by atoms with E-state index >= 15 is 0 Å². The van der Waals surface area contributed by atoms with Crippen molar-refractivity contribution in [2.24, 2.45) is 0 Å². The Balaban J connectivity index is 1.48. The van der Waals surface area contributed by atoms with Crippen LogP contribution in [0.15, 0.2) is 35.5 Å². The van der Waals surface area contributed by atoms with Gasteiger partial charge in [-0.25, -0.2) is 9.78 Å². The smallest absolute Gasteiger partial charge is 0.354 e. The SMILES string of the molecule is O=C(O)c1[nH]ncc1CN1CCCC2(CCc3c2nc(-c2cccnc2)[nH]c3=O)C1. The Kier molecular flexibility index (Phi) is 4.47. The molecule has 154 valence electrons. The average molecular weight is 406 g/mol. The summed E-state index contributed by atoms with van der Waals surface area (Å²) in [6.07, 6.45) is 8.50. The quantitative estimate of drug-likeness (QED) is 0.602. The summed E-state index contributed by atoms with van der Waals surface area (Å²) in [5.41, 5.74) is 3.00. The Morgan fingerprint density at radius 2 is 2.20 bits per heavy atom. The summed E-state index contributed by atoms with van der Waals surface area (Å²) in [7, 11) is 0. The maximum absolute atomic E-state index is 12.8. The molecular weight excluding hydrogens is 384 g/mol. The summed E-state index contributed by atoms with van der Waals surface area (Å²) >= 11 is 0. The first-order chi connectivity index (χ1) is 14.6. The largest absolute Gasteiger partial charge is 0.477 e. The molecule has 1 unspecified atom stereocenters. The fourth-order valence-corrected chi connectivity index (χ4v) is 4.91. The molecule has 3 N–H and O–H groups in total. The molecule has 1 spiro atoms. The third kappa shape index (κ3) is 3.11. The van der Waals surface area contributed by atoms with Crippen molar-refractivity contribution in [3.8, 4) is 11.4 Å². The van der Waals surface area contributed by atoms with E-state index in [1.807, 2.05) is 12.1 Å². The Hall–Kier alpha value is -3.33. The number of aromatic nitrogens is 5. The van der Waals surface area contributed by atoms with E-state index in [1.54, 1.807) is 18.6 Å². The number of hydrogen-bond donors (Lipinski definition) is 3. The number of aromatic amines is 2. The van der Waals surface area contributed by atoms with Gasteiger partial charge in [0.25, 0.3) is 5.56 Å². The molecule has 3 aromatic rings. The van der Waals surface area contributed by atoms with Crippen molar-refractivity contribution < 1.29 is 9.90 Å². The number of aromatic carboxylic acids is 1. The van der Waals surface area contributed by atoms with Gasteiger partial charge in [-0.2, -0.15) is 5.10 Å². The molecule has 3 aromatic heterocycles. The molecular formula is C21H22N6O3. The molecule has 0 aromatic carbocycles. The Morgan fingerprint density at radius 1 is 1.30 bits per heavy atom. The number of H-pyrrole nitrogens is 2. The van der Waals surface area contributed by atoms with Gasteiger partial charge in [0.05, 0.1) is 11.9 Å². The van der Waals surface area contributed by atoms with Crippen LogP contribution in [0.4, 0.5) is 0 Å². The lowest BCUT2D eigenvalue weighted by Crippen LogP contribution is -2.45. The van der Waals surface area contributed by atoms with Crippen LogP contribution in [-0.2, 0) is 18.4 Å². The molecule has 1 fully saturated rings. The minimum absolute atomic E-state index is 0.0733. The van der Waals surface area contributed by atoms with Crippen molar-refractivity contribution in [2.75, 3.05) is 13.1 Å². The first kappa shape index (κ1) is 18.7. The zero-order valence-electron chi connectivity index (χ0n) is 16.4. The molecule has 1 aliphatic carbocycles. The summed E-state index contributed by atoms with van der Waals surface area (Å²) in [5, 5.41) is 15.8. The molecule has 1 atom stereocenters. The topological polar surface area (TPSA) is 128 Å². The number of piperidine rings is 1. The summed E-state index contributed by atoms with van der Waals surface area (Å²) in [4.78, 5) is 38.4. The molecule has 0 amide bonds. The molecule has 9 nitrogen and oxygen atoms in total. The minimum Gasteiger partial charge on any atom is -0.477 e. The van der Waals surface area contributed by atoms with E-state index in [-0.39, 0.29) is 16.7 Å². The number of carboxylic acid groups (broad SMARTS) is 1. The third-order valence-electron chi connectivity index (χ3n) is 6.29. The van der Waals surface area contributed by atoms with Gasteiger partial charge in [0.2, 0.25) is 0 Å². The van der Waals surface area contributed by atoms with Crippen LogP contribution in [0.25, 0.3) is 11.4 Å². The van der Waals surface area contributed by atoms with Gasteiger partial charge in [-0.3, -0.25) is 19.8 Å². The standard InChI is InChI=1S/C21H22N6O3/c28-19-15-4-6-21(17(15)24-18(25-19)13-3-1-7-22-9-13)5-2-8-27(12-21)11-14-10-23-26-16(14)20(29)30/h1,3,7,9-10H,2,4-6,8,11-12H2,(H,23,26)(H,29,30)(H,24,25,28). The predicted octanol–water partition coefficient (Wildman–Crippen LogP) is 1.73. The molecule has 0 saturated carbocycles. The van der Waals surface area contributed by atoms with Gasteiger partial charge in [-0.05, 0) is 44.4 Å². The summed E-state index contributed by atoms with van der Waals surface area (Å²) in [6.45, 7) is 2.13. The van der Waals surface area contributed by atoms with Gasteiger partial charge < -0.3 is 10.1 Å². The van der Waals surface area contributed by atoms with E-state index in [2.05, 4.69) is 25.1 Å². The maximum atomic E-state index is 12.8. The highest BCUT2D eigenvalue weighted by molar-refractivity contribution is 5.86. The molecule has 4 heterocycles. The van der Waals surface area contributed by atoms with Crippen LogP contribution in [0.3, 0.4) is 0 Å². The Morgan fingerprint density at radius 3 is 3.00 bits per heavy atom. The molecule has 1 saturated heterocycles. The number of nitrogens with one attached hydrogen (secondary N) is 2. The first-order valence-electron chi connectivity index (χ1n) is 10.1. The van der Waals surface area contributed by atoms with Gasteiger partial charge in [0.15, 0.2) is 0 Å². The normalized spacial score (nSPS) is 21.1. The lowest BCUT2D eigenvalue weighted by atomic mass is 9.77. The highest BCUT2D eigenvalue weighted by atomic mass is 16.4. The van der Waals surface area contributed by atoms with E-state index in [9.17, 15) is 14.7 Å². The van der Waals surface area contributed by atoms with E-state index < -0.39 is 5.97 Å². The first-order valence-corrected chi connectivity index (χ1v) is 10.1. The van der Waals surface area contributed by atoms with Crippen molar-refractivity contribution in [1.82, 2.24) is 30.0 Å². The molecule has 5 rings (SSSR count). The monoisotopic (exact) mass is 406 g/mol. The second-order valence-electron chi connectivity index (χ2n) is 8.15. The van der Waals surface area contributed by atoms with E-state index in [0.717, 1.165) is 49.2 Å². The Labute approximate surface area is 172 Å². The summed E-state index contributed by atoms with van der Waals surface area (Å²) in [6, 6.07) is 3.71. The van der Waals surface area contributed by atoms with Crippen molar-refractivity contribution in [2.45, 2.75) is 37.6 Å². The van der Waals surface area contributed by atoms with Crippen molar-refractivity contribution in [1.29, 1.82) is 0 Å². The fourth-order valence-electron chi connectivity index (χ4n) is 4.91. The number of fused-ring (bicyclic) bond motifs is 2. The van der Waals surface area contributed by atoms with Crippen LogP contribution in [-0.4, -0.2) is 54.2 Å². The number of hydrogen-bond acceptors (Lipinski definition) is 6. The number of nitrogens with zero attached hydrogens (tertiary/aromatic N) is 4. The van der Waals surface area contributed by atoms with Gasteiger partial charge in [-0.15, -0.1) is 0 Å². The molecule has 9 heteroatoms. The minimum atomic E-state index is -1.00. The van der Waals surface area contributed by atoms with Crippen LogP contribution < -0.4 is 5.56 Å². The van der Waals surface area contributed by atoms with Gasteiger partial charge in [0.1, 0.15) is 11.5 Å². The van der Waals surface area contributed by atoms with E-state index in [4.69, 9.17) is 4.98 Å². The highest BCUT2D eigenvalue weighted by Gasteiger charge is 2.44. The Bertz CT molecular complexity index is 1160. The van der Waals surface area contributed by atoms with Crippen LogP contribution >= 0.6 is 0 Å². The van der Waals surface area contributed by atoms with Crippen LogP contribution in [0.1, 0.15) is 46.6 Å². The summed E-state index contributed by atoms with van der Waals surface area (Å²) < 4.78 is 0. The average Bonchev–Trinajstić information content (AvgIpc) is 3.35. The number of pyridine rings is 1. The molecule has 1 aliphatic heterocycles. The third-order valence-corrected chi connectivity index (χ3v) is 6.29. The van der Waals surface area contributed by atoms with Gasteiger partial charge >= 0.3 is 5.97 Å². The van der Waals surface area contributed by atoms with E-state index in [0.29, 0.717) is 24.4 Å². The van der Waals surface area contributed by atoms with Crippen LogP contribution in [0.2, 0.25) is 0 Å². The molecule has 2 aliphatic rings. The zero-order valence-corrected chi connectivity index (χ0v) is 16.4. The van der Waals surface area contributed by atoms with Gasteiger partial charge in [-0.1, -0.05) is 0 Å². The number of rotatable bonds is 4. The molecule has 0 bridgehead atoms. The second-order valence-corrected chi connectivity index (χ2v) is 8.15. The molecule has 0 radical (unpaired) electrons. The van der Waals surface area contributed by atoms with Gasteiger partial charge in [0, 0.05) is 47.6 Å². The lowest BCUT2D eigenvalue weighted by molar-refractivity contribution is 0.0686. The highest BCUT2D eigenvalue weighted by Crippen LogP contribution is 2.43. The van der Waals surface area contributed by atoms with Crippen molar-refractivity contribution >= 4 is 5.97 Å². The number of likely N-dealkylation sites (tertiary alicyclic amines) is 1. The van der Waals surface area contributed by atoms with Crippen LogP contribution in [0, 0.1) is 0 Å². The second kappa shape index (κ2) is 7.17. The number of carbonyl (C=O) groups is 1. The number of carboxylic acids is 1. The maximum Gasteiger partial charge on any atom is 0.354 e. The van der Waals surface area contributed by atoms with Crippen molar-refractivity contribution in [3.05, 3.63) is 63.6 Å². The van der Waals surface area contributed by atoms with Crippen LogP contribution in [0.5, 0.6) is 0 Å². The summed E-state index contributed by atoms with van der Waals surface area (Å²) in [5.74, 6) is -0.456.